The number of hydrogen-bond acceptors (Lipinski definition) is 4. The van der Waals surface area contributed by atoms with Crippen LogP contribution in [0.5, 0.6) is 5.75 Å². The van der Waals surface area contributed by atoms with E-state index in [1.165, 1.54) is 12.0 Å². The van der Waals surface area contributed by atoms with Gasteiger partial charge in [0.15, 0.2) is 6.29 Å². The average molecular weight is 453 g/mol. The fourth-order valence-electron chi connectivity index (χ4n) is 2.98. The second-order valence-corrected chi connectivity index (χ2v) is 9.21. The van der Waals surface area contributed by atoms with Crippen LogP contribution in [0.1, 0.15) is 101 Å². The van der Waals surface area contributed by atoms with E-state index in [4.69, 9.17) is 14.2 Å². The smallest absolute Gasteiger partial charge is 0.308 e. The lowest BCUT2D eigenvalue weighted by Gasteiger charge is -2.32. The largest absolute Gasteiger partial charge is 0.491 e. The van der Waals surface area contributed by atoms with E-state index in [0.717, 1.165) is 18.6 Å². The highest BCUT2D eigenvalue weighted by atomic mass is 16.7. The van der Waals surface area contributed by atoms with Crippen LogP contribution in [0.4, 0.5) is 0 Å². The van der Waals surface area contributed by atoms with Crippen molar-refractivity contribution in [2.45, 2.75) is 108 Å². The van der Waals surface area contributed by atoms with E-state index in [-0.39, 0.29) is 17.3 Å². The first-order valence-electron chi connectivity index (χ1n) is 12.6. The van der Waals surface area contributed by atoms with Crippen molar-refractivity contribution >= 4 is 5.97 Å². The van der Waals surface area contributed by atoms with Gasteiger partial charge in [-0.15, -0.1) is 0 Å². The molecule has 32 heavy (non-hydrogen) atoms. The van der Waals surface area contributed by atoms with Gasteiger partial charge in [0, 0.05) is 6.42 Å². The topological polar surface area (TPSA) is 44.8 Å². The van der Waals surface area contributed by atoms with E-state index in [0.29, 0.717) is 25.6 Å². The third-order valence-corrected chi connectivity index (χ3v) is 5.17. The summed E-state index contributed by atoms with van der Waals surface area (Å²) in [5.74, 6) is 1.31. The molecule has 1 aromatic carbocycles. The van der Waals surface area contributed by atoms with E-state index in [9.17, 15) is 4.79 Å². The Hall–Kier alpha value is -1.55. The number of esters is 1. The third-order valence-electron chi connectivity index (χ3n) is 5.17. The molecule has 4 heteroatoms. The minimum absolute atomic E-state index is 0.174. The molecule has 188 valence electrons. The van der Waals surface area contributed by atoms with E-state index in [1.54, 1.807) is 6.92 Å². The van der Waals surface area contributed by atoms with Crippen LogP contribution in [0.2, 0.25) is 0 Å². The van der Waals surface area contributed by atoms with Gasteiger partial charge in [-0.2, -0.15) is 0 Å². The lowest BCUT2D eigenvalue weighted by atomic mass is 9.74. The summed E-state index contributed by atoms with van der Waals surface area (Å²) < 4.78 is 16.6. The predicted molar refractivity (Wildman–Crippen MR) is 137 cm³/mol. The quantitative estimate of drug-likeness (QED) is 0.193. The molecule has 0 N–H and O–H groups in total. The average Bonchev–Trinajstić information content (AvgIpc) is 2.73. The first-order valence-corrected chi connectivity index (χ1v) is 12.6. The Labute approximate surface area is 199 Å². The number of carbonyl (C=O) groups is 1. The van der Waals surface area contributed by atoms with Gasteiger partial charge in [-0.3, -0.25) is 4.79 Å². The normalized spacial score (nSPS) is 13.5. The van der Waals surface area contributed by atoms with Crippen LogP contribution in [-0.2, 0) is 20.7 Å². The highest BCUT2D eigenvalue weighted by Crippen LogP contribution is 2.33. The molecule has 0 aromatic heterocycles. The zero-order valence-corrected chi connectivity index (χ0v) is 22.9. The molecule has 3 unspecified atom stereocenters. The second-order valence-electron chi connectivity index (χ2n) is 9.21. The highest BCUT2D eigenvalue weighted by molar-refractivity contribution is 5.69. The Morgan fingerprint density at radius 1 is 0.938 bits per heavy atom. The first-order chi connectivity index (χ1) is 15.0. The highest BCUT2D eigenvalue weighted by Gasteiger charge is 2.27. The van der Waals surface area contributed by atoms with E-state index < -0.39 is 6.29 Å². The molecule has 0 aliphatic rings. The zero-order chi connectivity index (χ0) is 25.2. The molecule has 0 saturated heterocycles. The standard InChI is InChI=1S/C23H38O4.C3H8.C2H6/c1-8-9-20-10-12-21(13-11-20)26-15-14-25-19(4)27-22(24)16-17(2)18(3)23(5,6)7;1-3-2;1-2/h10-13,17-19H,8-9,14-16H2,1-7H3;3H2,1-2H3;1-2H3. The van der Waals surface area contributed by atoms with Crippen molar-refractivity contribution in [3.63, 3.8) is 0 Å². The molecule has 1 aromatic rings. The fourth-order valence-corrected chi connectivity index (χ4v) is 2.98. The van der Waals surface area contributed by atoms with Crippen molar-refractivity contribution in [1.82, 2.24) is 0 Å². The molecular weight excluding hydrogens is 400 g/mol. The molecule has 0 aliphatic carbocycles. The van der Waals surface area contributed by atoms with Crippen LogP contribution in [0, 0.1) is 17.3 Å². The zero-order valence-electron chi connectivity index (χ0n) is 22.9. The molecule has 0 amide bonds. The molecule has 0 aliphatic heterocycles. The number of benzene rings is 1. The van der Waals surface area contributed by atoms with Crippen LogP contribution in [0.15, 0.2) is 24.3 Å². The lowest BCUT2D eigenvalue weighted by Crippen LogP contribution is -2.28. The third kappa shape index (κ3) is 16.1. The van der Waals surface area contributed by atoms with Gasteiger partial charge in [-0.25, -0.2) is 0 Å². The number of carbonyl (C=O) groups excluding carboxylic acids is 1. The van der Waals surface area contributed by atoms with Crippen LogP contribution in [0.3, 0.4) is 0 Å². The van der Waals surface area contributed by atoms with Gasteiger partial charge in [0.05, 0.1) is 6.61 Å². The summed E-state index contributed by atoms with van der Waals surface area (Å²) in [5.41, 5.74) is 1.49. The van der Waals surface area contributed by atoms with Gasteiger partial charge in [0.1, 0.15) is 12.4 Å². The first kappa shape index (κ1) is 32.6. The van der Waals surface area contributed by atoms with E-state index in [1.807, 2.05) is 26.0 Å². The summed E-state index contributed by atoms with van der Waals surface area (Å²) in [6.07, 6.45) is 3.32. The van der Waals surface area contributed by atoms with Gasteiger partial charge in [0.2, 0.25) is 0 Å². The Kier molecular flexibility index (Phi) is 19.3. The van der Waals surface area contributed by atoms with E-state index in [2.05, 4.69) is 67.5 Å². The van der Waals surface area contributed by atoms with Crippen molar-refractivity contribution in [2.75, 3.05) is 13.2 Å². The lowest BCUT2D eigenvalue weighted by molar-refractivity contribution is -0.177. The molecule has 4 nitrogen and oxygen atoms in total. The molecule has 0 saturated carbocycles. The predicted octanol–water partition coefficient (Wildman–Crippen LogP) is 8.07. The summed E-state index contributed by atoms with van der Waals surface area (Å²) >= 11 is 0. The second kappa shape index (κ2) is 19.0. The molecule has 0 bridgehead atoms. The molecular formula is C28H52O4. The van der Waals surface area contributed by atoms with Gasteiger partial charge in [-0.1, -0.05) is 94.2 Å². The Bertz CT molecular complexity index is 560. The summed E-state index contributed by atoms with van der Waals surface area (Å²) in [4.78, 5) is 12.1. The van der Waals surface area contributed by atoms with Gasteiger partial charge >= 0.3 is 5.97 Å². The van der Waals surface area contributed by atoms with Crippen molar-refractivity contribution in [1.29, 1.82) is 0 Å². The maximum atomic E-state index is 12.1. The summed E-state index contributed by atoms with van der Waals surface area (Å²) in [6.45, 7) is 23.8. The fraction of sp³-hybridized carbons (Fsp3) is 0.750. The van der Waals surface area contributed by atoms with Crippen LogP contribution >= 0.6 is 0 Å². The number of hydrogen-bond donors (Lipinski definition) is 0. The van der Waals surface area contributed by atoms with E-state index >= 15 is 0 Å². The van der Waals surface area contributed by atoms with Crippen LogP contribution < -0.4 is 4.74 Å². The van der Waals surface area contributed by atoms with Crippen LogP contribution in [0.25, 0.3) is 0 Å². The van der Waals surface area contributed by atoms with Gasteiger partial charge < -0.3 is 14.2 Å². The summed E-state index contributed by atoms with van der Waals surface area (Å²) in [6, 6.07) is 8.13. The number of aryl methyl sites for hydroxylation is 1. The maximum Gasteiger partial charge on any atom is 0.308 e. The number of ether oxygens (including phenoxy) is 3. The Balaban J connectivity index is 0. The number of rotatable bonds is 11. The minimum atomic E-state index is -0.565. The molecule has 0 fully saturated rings. The minimum Gasteiger partial charge on any atom is -0.491 e. The van der Waals surface area contributed by atoms with Gasteiger partial charge in [-0.05, 0) is 48.3 Å². The molecule has 0 radical (unpaired) electrons. The summed E-state index contributed by atoms with van der Waals surface area (Å²) in [5, 5.41) is 0. The Morgan fingerprint density at radius 3 is 1.94 bits per heavy atom. The Morgan fingerprint density at radius 2 is 1.47 bits per heavy atom. The van der Waals surface area contributed by atoms with Crippen molar-refractivity contribution < 1.29 is 19.0 Å². The molecule has 1 rings (SSSR count). The monoisotopic (exact) mass is 452 g/mol. The molecule has 3 atom stereocenters. The van der Waals surface area contributed by atoms with Crippen molar-refractivity contribution in [3.8, 4) is 5.75 Å². The summed E-state index contributed by atoms with van der Waals surface area (Å²) in [7, 11) is 0. The van der Waals surface area contributed by atoms with Crippen molar-refractivity contribution in [2.24, 2.45) is 17.3 Å². The maximum absolute atomic E-state index is 12.1. The van der Waals surface area contributed by atoms with Crippen molar-refractivity contribution in [3.05, 3.63) is 29.8 Å². The SMILES string of the molecule is CC.CCC.CCCc1ccc(OCCOC(C)OC(=O)CC(C)C(C)C(C)(C)C)cc1. The molecule has 0 spiro atoms. The van der Waals surface area contributed by atoms with Crippen LogP contribution in [-0.4, -0.2) is 25.5 Å². The molecule has 0 heterocycles. The van der Waals surface area contributed by atoms with Gasteiger partial charge in [0.25, 0.3) is 0 Å².